The van der Waals surface area contributed by atoms with E-state index in [-0.39, 0.29) is 12.1 Å². The van der Waals surface area contributed by atoms with Crippen LogP contribution in [0.2, 0.25) is 0 Å². The Kier molecular flexibility index (Phi) is 5.00. The fourth-order valence-corrected chi connectivity index (χ4v) is 2.96. The largest absolute Gasteiger partial charge is 0.369 e. The first kappa shape index (κ1) is 14.5. The first-order valence-corrected chi connectivity index (χ1v) is 7.54. The van der Waals surface area contributed by atoms with Gasteiger partial charge in [-0.15, -0.1) is 0 Å². The van der Waals surface area contributed by atoms with Crippen molar-refractivity contribution in [2.75, 3.05) is 0 Å². The predicted octanol–water partition coefficient (Wildman–Crippen LogP) is 3.98. The van der Waals surface area contributed by atoms with Crippen LogP contribution < -0.4 is 5.73 Å². The van der Waals surface area contributed by atoms with E-state index in [0.29, 0.717) is 6.10 Å². The molecule has 2 nitrogen and oxygen atoms in total. The van der Waals surface area contributed by atoms with Gasteiger partial charge in [0.2, 0.25) is 0 Å². The van der Waals surface area contributed by atoms with Gasteiger partial charge in [0.15, 0.2) is 0 Å². The summed E-state index contributed by atoms with van der Waals surface area (Å²) in [5.74, 6) is 0.854. The highest BCUT2D eigenvalue weighted by Crippen LogP contribution is 2.31. The third-order valence-electron chi connectivity index (χ3n) is 4.27. The first-order valence-electron chi connectivity index (χ1n) is 7.54. The van der Waals surface area contributed by atoms with Gasteiger partial charge in [-0.1, -0.05) is 31.2 Å². The molecule has 0 spiro atoms. The van der Waals surface area contributed by atoms with Crippen molar-refractivity contribution in [2.24, 2.45) is 11.7 Å². The Balaban J connectivity index is 2.07. The lowest BCUT2D eigenvalue weighted by molar-refractivity contribution is -0.0461. The van der Waals surface area contributed by atoms with E-state index in [1.807, 2.05) is 6.92 Å². The SMILES string of the molecule is Cc1ccccc1C(OC1CCC(C)CC1)C(C)N. The maximum atomic E-state index is 6.34. The number of hydrogen-bond acceptors (Lipinski definition) is 2. The summed E-state index contributed by atoms with van der Waals surface area (Å²) in [5, 5.41) is 0. The molecule has 2 unspecified atom stereocenters. The molecule has 0 amide bonds. The van der Waals surface area contributed by atoms with E-state index in [4.69, 9.17) is 10.5 Å². The Bertz CT molecular complexity index is 394. The highest BCUT2D eigenvalue weighted by Gasteiger charge is 2.25. The van der Waals surface area contributed by atoms with Gasteiger partial charge in [0.1, 0.15) is 0 Å². The monoisotopic (exact) mass is 261 g/mol. The molecular formula is C17H27NO. The van der Waals surface area contributed by atoms with Crippen LogP contribution in [0.3, 0.4) is 0 Å². The molecule has 2 atom stereocenters. The maximum absolute atomic E-state index is 6.34. The summed E-state index contributed by atoms with van der Waals surface area (Å²) in [6.45, 7) is 6.51. The number of hydrogen-bond donors (Lipinski definition) is 1. The summed E-state index contributed by atoms with van der Waals surface area (Å²) >= 11 is 0. The number of rotatable bonds is 4. The summed E-state index contributed by atoms with van der Waals surface area (Å²) in [4.78, 5) is 0. The van der Waals surface area contributed by atoms with Gasteiger partial charge >= 0.3 is 0 Å². The van der Waals surface area contributed by atoms with Crippen molar-refractivity contribution in [1.29, 1.82) is 0 Å². The van der Waals surface area contributed by atoms with Crippen LogP contribution in [0.1, 0.15) is 56.8 Å². The lowest BCUT2D eigenvalue weighted by Crippen LogP contribution is -2.32. The first-order chi connectivity index (χ1) is 9.08. The molecule has 0 radical (unpaired) electrons. The van der Waals surface area contributed by atoms with Gasteiger partial charge in [0.05, 0.1) is 12.2 Å². The summed E-state index contributed by atoms with van der Waals surface area (Å²) in [6, 6.07) is 8.45. The predicted molar refractivity (Wildman–Crippen MR) is 80.1 cm³/mol. The molecule has 0 heterocycles. The zero-order chi connectivity index (χ0) is 13.8. The quantitative estimate of drug-likeness (QED) is 0.889. The van der Waals surface area contributed by atoms with Crippen molar-refractivity contribution < 1.29 is 4.74 Å². The minimum atomic E-state index is 0.0274. The van der Waals surface area contributed by atoms with Crippen molar-refractivity contribution >= 4 is 0 Å². The number of aryl methyl sites for hydroxylation is 1. The van der Waals surface area contributed by atoms with E-state index < -0.39 is 0 Å². The molecule has 1 saturated carbocycles. The molecule has 19 heavy (non-hydrogen) atoms. The van der Waals surface area contributed by atoms with Crippen LogP contribution in [-0.4, -0.2) is 12.1 Å². The van der Waals surface area contributed by atoms with E-state index in [1.165, 1.54) is 36.8 Å². The normalized spacial score (nSPS) is 26.9. The van der Waals surface area contributed by atoms with Crippen LogP contribution in [0.5, 0.6) is 0 Å². The molecule has 106 valence electrons. The summed E-state index contributed by atoms with van der Waals surface area (Å²) in [5.41, 5.74) is 8.68. The van der Waals surface area contributed by atoms with E-state index in [0.717, 1.165) is 5.92 Å². The molecule has 0 bridgehead atoms. The summed E-state index contributed by atoms with van der Waals surface area (Å²) in [6.07, 6.45) is 5.33. The van der Waals surface area contributed by atoms with Crippen molar-refractivity contribution in [1.82, 2.24) is 0 Å². The Morgan fingerprint density at radius 1 is 1.16 bits per heavy atom. The van der Waals surface area contributed by atoms with Crippen LogP contribution in [0.15, 0.2) is 24.3 Å². The molecule has 0 aliphatic heterocycles. The molecule has 1 aliphatic rings. The minimum Gasteiger partial charge on any atom is -0.369 e. The molecule has 1 aliphatic carbocycles. The summed E-state index contributed by atoms with van der Waals surface area (Å²) in [7, 11) is 0. The fraction of sp³-hybridized carbons (Fsp3) is 0.647. The number of ether oxygens (including phenoxy) is 1. The Morgan fingerprint density at radius 2 is 1.79 bits per heavy atom. The highest BCUT2D eigenvalue weighted by atomic mass is 16.5. The Labute approximate surface area is 117 Å². The van der Waals surface area contributed by atoms with Crippen molar-refractivity contribution in [2.45, 2.75) is 64.7 Å². The third kappa shape index (κ3) is 3.80. The van der Waals surface area contributed by atoms with Crippen molar-refractivity contribution in [3.63, 3.8) is 0 Å². The topological polar surface area (TPSA) is 35.2 Å². The average molecular weight is 261 g/mol. The van der Waals surface area contributed by atoms with Gasteiger partial charge in [-0.2, -0.15) is 0 Å². The van der Waals surface area contributed by atoms with Gasteiger partial charge in [0.25, 0.3) is 0 Å². The average Bonchev–Trinajstić information content (AvgIpc) is 2.39. The van der Waals surface area contributed by atoms with Crippen LogP contribution >= 0.6 is 0 Å². The Hall–Kier alpha value is -0.860. The van der Waals surface area contributed by atoms with Crippen molar-refractivity contribution in [3.05, 3.63) is 35.4 Å². The second-order valence-electron chi connectivity index (χ2n) is 6.15. The van der Waals surface area contributed by atoms with Gasteiger partial charge in [-0.3, -0.25) is 0 Å². The lowest BCUT2D eigenvalue weighted by Gasteiger charge is -2.32. The number of benzene rings is 1. The molecule has 2 N–H and O–H groups in total. The van der Waals surface area contributed by atoms with Gasteiger partial charge in [-0.05, 0) is 56.6 Å². The zero-order valence-corrected chi connectivity index (χ0v) is 12.4. The van der Waals surface area contributed by atoms with Crippen LogP contribution in [0, 0.1) is 12.8 Å². The van der Waals surface area contributed by atoms with Crippen LogP contribution in [0.4, 0.5) is 0 Å². The Morgan fingerprint density at radius 3 is 2.37 bits per heavy atom. The summed E-state index contributed by atoms with van der Waals surface area (Å²) < 4.78 is 6.34. The highest BCUT2D eigenvalue weighted by molar-refractivity contribution is 5.28. The van der Waals surface area contributed by atoms with Gasteiger partial charge in [-0.25, -0.2) is 0 Å². The second kappa shape index (κ2) is 6.53. The standard InChI is InChI=1S/C17H27NO/c1-12-8-10-15(11-9-12)19-17(14(3)18)16-7-5-4-6-13(16)2/h4-7,12,14-15,17H,8-11,18H2,1-3H3. The molecule has 0 aromatic heterocycles. The van der Waals surface area contributed by atoms with Gasteiger partial charge < -0.3 is 10.5 Å². The lowest BCUT2D eigenvalue weighted by atomic mass is 9.88. The van der Waals surface area contributed by atoms with Crippen LogP contribution in [0.25, 0.3) is 0 Å². The molecule has 2 rings (SSSR count). The molecule has 2 heteroatoms. The third-order valence-corrected chi connectivity index (χ3v) is 4.27. The van der Waals surface area contributed by atoms with E-state index in [2.05, 4.69) is 38.1 Å². The molecule has 1 aromatic rings. The minimum absolute atomic E-state index is 0.0274. The van der Waals surface area contributed by atoms with E-state index in [9.17, 15) is 0 Å². The van der Waals surface area contributed by atoms with E-state index in [1.54, 1.807) is 0 Å². The van der Waals surface area contributed by atoms with Gasteiger partial charge in [0, 0.05) is 6.04 Å². The smallest absolute Gasteiger partial charge is 0.0979 e. The van der Waals surface area contributed by atoms with Crippen molar-refractivity contribution in [3.8, 4) is 0 Å². The molecule has 1 fully saturated rings. The van der Waals surface area contributed by atoms with E-state index >= 15 is 0 Å². The van der Waals surface area contributed by atoms with Crippen LogP contribution in [-0.2, 0) is 4.74 Å². The molecular weight excluding hydrogens is 234 g/mol. The molecule has 0 saturated heterocycles. The fourth-order valence-electron chi connectivity index (χ4n) is 2.96. The molecule has 1 aromatic carbocycles. The second-order valence-corrected chi connectivity index (χ2v) is 6.15. The zero-order valence-electron chi connectivity index (χ0n) is 12.4. The maximum Gasteiger partial charge on any atom is 0.0979 e. The number of nitrogens with two attached hydrogens (primary N) is 1.